The van der Waals surface area contributed by atoms with Crippen molar-refractivity contribution in [2.24, 2.45) is 0 Å². The minimum atomic E-state index is -0.809. The van der Waals surface area contributed by atoms with Crippen LogP contribution in [0, 0.1) is 0 Å². The summed E-state index contributed by atoms with van der Waals surface area (Å²) in [4.78, 5) is 38.1. The van der Waals surface area contributed by atoms with E-state index >= 15 is 0 Å². The fourth-order valence-corrected chi connectivity index (χ4v) is 7.83. The maximum atomic E-state index is 12.9. The third-order valence-corrected chi connectivity index (χ3v) is 12.2. The van der Waals surface area contributed by atoms with E-state index in [4.69, 9.17) is 14.2 Å². The molecule has 6 nitrogen and oxygen atoms in total. The summed E-state index contributed by atoms with van der Waals surface area (Å²) in [5.41, 5.74) is 0. The van der Waals surface area contributed by atoms with Gasteiger partial charge in [0.15, 0.2) is 6.10 Å². The van der Waals surface area contributed by atoms with Gasteiger partial charge in [0, 0.05) is 19.3 Å². The first-order valence-electron chi connectivity index (χ1n) is 29.4. The zero-order chi connectivity index (χ0) is 51.4. The molecule has 6 heteroatoms. The Labute approximate surface area is 438 Å². The molecule has 404 valence electrons. The van der Waals surface area contributed by atoms with E-state index in [-0.39, 0.29) is 37.5 Å². The van der Waals surface area contributed by atoms with E-state index in [0.29, 0.717) is 19.3 Å². The molecular weight excluding hydrogens is 877 g/mol. The first kappa shape index (κ1) is 67.1. The first-order valence-corrected chi connectivity index (χ1v) is 29.4. The summed E-state index contributed by atoms with van der Waals surface area (Å²) in [6, 6.07) is 0. The second kappa shape index (κ2) is 58.6. The van der Waals surface area contributed by atoms with Crippen molar-refractivity contribution >= 4 is 17.9 Å². The molecule has 0 aliphatic heterocycles. The van der Waals surface area contributed by atoms with Crippen molar-refractivity contribution in [3.05, 3.63) is 109 Å². The highest BCUT2D eigenvalue weighted by atomic mass is 16.6. The van der Waals surface area contributed by atoms with Crippen molar-refractivity contribution in [2.45, 2.75) is 271 Å². The number of rotatable bonds is 52. The Morgan fingerprint density at radius 3 is 0.944 bits per heavy atom. The quantitative estimate of drug-likeness (QED) is 0.0261. The Hall–Kier alpha value is -3.93. The fourth-order valence-electron chi connectivity index (χ4n) is 7.83. The number of carbonyl (C=O) groups excluding carboxylic acids is 3. The number of allylic oxidation sites excluding steroid dienone is 18. The highest BCUT2D eigenvalue weighted by Crippen LogP contribution is 2.14. The average Bonchev–Trinajstić information content (AvgIpc) is 3.37. The van der Waals surface area contributed by atoms with Crippen molar-refractivity contribution < 1.29 is 28.6 Å². The molecule has 71 heavy (non-hydrogen) atoms. The Kier molecular flexibility index (Phi) is 55.4. The minimum Gasteiger partial charge on any atom is -0.462 e. The molecule has 0 radical (unpaired) electrons. The summed E-state index contributed by atoms with van der Waals surface area (Å²) in [5, 5.41) is 0. The fraction of sp³-hybridized carbons (Fsp3) is 0.677. The van der Waals surface area contributed by atoms with Gasteiger partial charge in [-0.05, 0) is 122 Å². The summed E-state index contributed by atoms with van der Waals surface area (Å²) in [5.74, 6) is -0.976. The van der Waals surface area contributed by atoms with Gasteiger partial charge in [-0.25, -0.2) is 0 Å². The van der Waals surface area contributed by atoms with Crippen LogP contribution in [0.5, 0.6) is 0 Å². The highest BCUT2D eigenvalue weighted by Gasteiger charge is 2.19. The van der Waals surface area contributed by atoms with Crippen molar-refractivity contribution in [3.8, 4) is 0 Å². The smallest absolute Gasteiger partial charge is 0.306 e. The number of hydrogen-bond donors (Lipinski definition) is 0. The Morgan fingerprint density at radius 2 is 0.563 bits per heavy atom. The van der Waals surface area contributed by atoms with Crippen LogP contribution in [-0.4, -0.2) is 37.2 Å². The molecule has 0 fully saturated rings. The number of carbonyl (C=O) groups is 3. The molecule has 0 N–H and O–H groups in total. The van der Waals surface area contributed by atoms with Crippen LogP contribution in [0.3, 0.4) is 0 Å². The van der Waals surface area contributed by atoms with E-state index in [1.165, 1.54) is 116 Å². The molecule has 0 saturated heterocycles. The van der Waals surface area contributed by atoms with Crippen molar-refractivity contribution in [1.29, 1.82) is 0 Å². The lowest BCUT2D eigenvalue weighted by Gasteiger charge is -2.18. The molecule has 0 heterocycles. The van der Waals surface area contributed by atoms with Gasteiger partial charge in [0.1, 0.15) is 13.2 Å². The molecule has 0 rings (SSSR count). The molecular formula is C65H108O6. The van der Waals surface area contributed by atoms with Crippen LogP contribution in [0.25, 0.3) is 0 Å². The lowest BCUT2D eigenvalue weighted by molar-refractivity contribution is -0.167. The standard InChI is InChI=1S/C65H108O6/c1-4-7-10-13-16-19-22-25-27-29-30-31-32-33-34-36-37-40-43-46-49-52-55-58-64(67)70-61-62(60-69-63(66)57-54-51-48-45-42-39-24-21-18-15-12-9-6-3)71-65(68)59-56-53-50-47-44-41-38-35-28-26-23-20-17-14-11-8-5-2/h7,10,16,19,21,24-28,30-31,33-34,37,40,46,49,62H,4-6,8-9,11-15,17-18,20,22-23,29,32,35-36,38-39,41-45,47-48,50-61H2,1-3H3/b10-7-,19-16-,24-21-,27-25-,28-26-,31-30-,34-33-,40-37-,49-46-. The van der Waals surface area contributed by atoms with E-state index in [1.54, 1.807) is 0 Å². The van der Waals surface area contributed by atoms with Crippen molar-refractivity contribution in [1.82, 2.24) is 0 Å². The maximum absolute atomic E-state index is 12.9. The molecule has 0 aromatic carbocycles. The molecule has 1 unspecified atom stereocenters. The van der Waals surface area contributed by atoms with Crippen molar-refractivity contribution in [3.63, 3.8) is 0 Å². The summed E-state index contributed by atoms with van der Waals surface area (Å²) in [7, 11) is 0. The third-order valence-electron chi connectivity index (χ3n) is 12.2. The van der Waals surface area contributed by atoms with E-state index in [1.807, 2.05) is 0 Å². The Morgan fingerprint density at radius 1 is 0.296 bits per heavy atom. The average molecular weight is 986 g/mol. The normalized spacial score (nSPS) is 12.9. The first-order chi connectivity index (χ1) is 35.0. The maximum Gasteiger partial charge on any atom is 0.306 e. The predicted molar refractivity (Wildman–Crippen MR) is 307 cm³/mol. The predicted octanol–water partition coefficient (Wildman–Crippen LogP) is 19.9. The van der Waals surface area contributed by atoms with Crippen LogP contribution in [0.1, 0.15) is 265 Å². The van der Waals surface area contributed by atoms with Gasteiger partial charge >= 0.3 is 17.9 Å². The highest BCUT2D eigenvalue weighted by molar-refractivity contribution is 5.71. The summed E-state index contributed by atoms with van der Waals surface area (Å²) >= 11 is 0. The van der Waals surface area contributed by atoms with Crippen LogP contribution in [-0.2, 0) is 28.6 Å². The van der Waals surface area contributed by atoms with Crippen LogP contribution >= 0.6 is 0 Å². The number of hydrogen-bond acceptors (Lipinski definition) is 6. The summed E-state index contributed by atoms with van der Waals surface area (Å²) in [6.45, 7) is 6.45. The summed E-state index contributed by atoms with van der Waals surface area (Å²) in [6.07, 6.45) is 79.4. The van der Waals surface area contributed by atoms with Gasteiger partial charge in [-0.1, -0.05) is 233 Å². The zero-order valence-electron chi connectivity index (χ0n) is 46.2. The van der Waals surface area contributed by atoms with Crippen molar-refractivity contribution in [2.75, 3.05) is 13.2 Å². The molecule has 0 saturated carbocycles. The SMILES string of the molecule is CC/C=C\C/C=C\C/C=C\C/C=C\C/C=C\C/C=C\C/C=C\CCCC(=O)OCC(COC(=O)CCCCCCC/C=C\CCCCCC)OC(=O)CCCCCCCCC/C=C\CCCCCCCC. The molecule has 0 amide bonds. The molecule has 0 bridgehead atoms. The second-order valence-corrected chi connectivity index (χ2v) is 19.2. The van der Waals surface area contributed by atoms with Crippen LogP contribution in [0.2, 0.25) is 0 Å². The molecule has 0 aliphatic rings. The monoisotopic (exact) mass is 985 g/mol. The van der Waals surface area contributed by atoms with Gasteiger partial charge < -0.3 is 14.2 Å². The van der Waals surface area contributed by atoms with Gasteiger partial charge in [0.05, 0.1) is 0 Å². The summed E-state index contributed by atoms with van der Waals surface area (Å²) < 4.78 is 16.8. The number of esters is 3. The Bertz CT molecular complexity index is 1460. The van der Waals surface area contributed by atoms with E-state index in [9.17, 15) is 14.4 Å². The van der Waals surface area contributed by atoms with E-state index in [2.05, 4.69) is 130 Å². The van der Waals surface area contributed by atoms with Gasteiger partial charge in [-0.15, -0.1) is 0 Å². The molecule has 0 spiro atoms. The zero-order valence-corrected chi connectivity index (χ0v) is 46.2. The molecule has 1 atom stereocenters. The van der Waals surface area contributed by atoms with Gasteiger partial charge in [0.2, 0.25) is 0 Å². The topological polar surface area (TPSA) is 78.9 Å². The Balaban J connectivity index is 4.48. The lowest BCUT2D eigenvalue weighted by atomic mass is 10.1. The molecule has 0 aliphatic carbocycles. The minimum absolute atomic E-state index is 0.103. The second-order valence-electron chi connectivity index (χ2n) is 19.2. The van der Waals surface area contributed by atoms with Gasteiger partial charge in [0.25, 0.3) is 0 Å². The van der Waals surface area contributed by atoms with Gasteiger partial charge in [-0.3, -0.25) is 14.4 Å². The third kappa shape index (κ3) is 56.9. The van der Waals surface area contributed by atoms with E-state index < -0.39 is 6.10 Å². The van der Waals surface area contributed by atoms with Gasteiger partial charge in [-0.2, -0.15) is 0 Å². The van der Waals surface area contributed by atoms with Crippen LogP contribution < -0.4 is 0 Å². The molecule has 0 aromatic heterocycles. The number of ether oxygens (including phenoxy) is 3. The lowest BCUT2D eigenvalue weighted by Crippen LogP contribution is -2.30. The van der Waals surface area contributed by atoms with Crippen LogP contribution in [0.15, 0.2) is 109 Å². The largest absolute Gasteiger partial charge is 0.462 e. The number of unbranched alkanes of at least 4 members (excludes halogenated alkanes) is 23. The van der Waals surface area contributed by atoms with E-state index in [0.717, 1.165) is 103 Å². The van der Waals surface area contributed by atoms with Crippen LogP contribution in [0.4, 0.5) is 0 Å². The molecule has 0 aromatic rings.